The number of ether oxygens (including phenoxy) is 5. The molecule has 0 heterocycles. The molecule has 0 aliphatic rings. The number of unbranched alkanes of at least 4 members (excludes halogenated alkanes) is 4. The van der Waals surface area contributed by atoms with Gasteiger partial charge in [0.05, 0.1) is 19.8 Å². The summed E-state index contributed by atoms with van der Waals surface area (Å²) in [5.74, 6) is -2.96. The molecule has 0 saturated heterocycles. The van der Waals surface area contributed by atoms with E-state index in [0.29, 0.717) is 30.7 Å². The standard InChI is InChI=1S/C30H47NO10/c1-6-8-10-16-37-29(35)40-23-14-13-22(18-24(23)41-30(36)38-17-11-9-7-2)26(27(31)28(33)34)21(5)19-39-25(32)15-12-20(3)4/h13-14,18,20-21,26-27H,6-12,15-17,19,31H2,1-5H3,(H,33,34)/t21?,26?,27-/m0/s1. The highest BCUT2D eigenvalue weighted by atomic mass is 16.7. The monoisotopic (exact) mass is 581 g/mol. The SMILES string of the molecule is CCCCCOC(=O)Oc1ccc(C(C(C)COC(=O)CCC(C)C)[C@H](N)C(=O)O)cc1OC(=O)OCCCCC. The highest BCUT2D eigenvalue weighted by Gasteiger charge is 2.33. The molecule has 41 heavy (non-hydrogen) atoms. The fourth-order valence-corrected chi connectivity index (χ4v) is 4.00. The Morgan fingerprint density at radius 3 is 1.90 bits per heavy atom. The average molecular weight is 582 g/mol. The number of carboxylic acid groups (broad SMARTS) is 1. The number of carbonyl (C=O) groups is 4. The van der Waals surface area contributed by atoms with Crippen LogP contribution in [0, 0.1) is 11.8 Å². The Hall–Kier alpha value is -3.34. The molecular weight excluding hydrogens is 534 g/mol. The zero-order valence-corrected chi connectivity index (χ0v) is 25.0. The molecular formula is C30H47NO10. The number of carboxylic acids is 1. The van der Waals surface area contributed by atoms with Gasteiger partial charge in [-0.1, -0.05) is 66.4 Å². The molecule has 1 aromatic carbocycles. The molecule has 0 amide bonds. The van der Waals surface area contributed by atoms with Crippen LogP contribution >= 0.6 is 0 Å². The second-order valence-corrected chi connectivity index (χ2v) is 10.5. The van der Waals surface area contributed by atoms with Gasteiger partial charge in [0.15, 0.2) is 11.5 Å². The van der Waals surface area contributed by atoms with Gasteiger partial charge >= 0.3 is 24.2 Å². The lowest BCUT2D eigenvalue weighted by atomic mass is 9.82. The van der Waals surface area contributed by atoms with E-state index in [9.17, 15) is 24.3 Å². The van der Waals surface area contributed by atoms with Crippen LogP contribution < -0.4 is 15.2 Å². The van der Waals surface area contributed by atoms with E-state index in [1.54, 1.807) is 6.92 Å². The van der Waals surface area contributed by atoms with Crippen LogP contribution in [0.15, 0.2) is 18.2 Å². The van der Waals surface area contributed by atoms with Crippen LogP contribution in [0.25, 0.3) is 0 Å². The van der Waals surface area contributed by atoms with Gasteiger partial charge in [-0.3, -0.25) is 9.59 Å². The quantitative estimate of drug-likeness (QED) is 0.0827. The largest absolute Gasteiger partial charge is 0.513 e. The molecule has 2 unspecified atom stereocenters. The average Bonchev–Trinajstić information content (AvgIpc) is 2.92. The number of esters is 1. The molecule has 0 bridgehead atoms. The van der Waals surface area contributed by atoms with E-state index >= 15 is 0 Å². The Morgan fingerprint density at radius 1 is 0.829 bits per heavy atom. The first-order chi connectivity index (χ1) is 19.5. The second-order valence-electron chi connectivity index (χ2n) is 10.5. The first-order valence-electron chi connectivity index (χ1n) is 14.5. The molecule has 0 saturated carbocycles. The van der Waals surface area contributed by atoms with Gasteiger partial charge in [0, 0.05) is 12.3 Å². The van der Waals surface area contributed by atoms with Crippen molar-refractivity contribution in [3.05, 3.63) is 23.8 Å². The predicted octanol–water partition coefficient (Wildman–Crippen LogP) is 6.21. The van der Waals surface area contributed by atoms with E-state index in [2.05, 4.69) is 0 Å². The van der Waals surface area contributed by atoms with Gasteiger partial charge < -0.3 is 34.5 Å². The normalized spacial score (nSPS) is 13.1. The molecule has 3 atom stereocenters. The minimum absolute atomic E-state index is 0.0689. The third-order valence-corrected chi connectivity index (χ3v) is 6.39. The number of rotatable bonds is 19. The van der Waals surface area contributed by atoms with E-state index in [0.717, 1.165) is 25.7 Å². The highest BCUT2D eigenvalue weighted by Crippen LogP contribution is 2.36. The van der Waals surface area contributed by atoms with Crippen LogP contribution in [0.4, 0.5) is 9.59 Å². The van der Waals surface area contributed by atoms with Crippen molar-refractivity contribution >= 4 is 24.2 Å². The summed E-state index contributed by atoms with van der Waals surface area (Å²) in [7, 11) is 0. The lowest BCUT2D eigenvalue weighted by Gasteiger charge is -2.28. The first-order valence-corrected chi connectivity index (χ1v) is 14.5. The molecule has 0 aliphatic heterocycles. The molecule has 0 aliphatic carbocycles. The molecule has 0 spiro atoms. The molecule has 0 fully saturated rings. The Bertz CT molecular complexity index is 965. The number of benzene rings is 1. The van der Waals surface area contributed by atoms with Crippen LogP contribution in [0.5, 0.6) is 11.5 Å². The summed E-state index contributed by atoms with van der Waals surface area (Å²) in [4.78, 5) is 48.8. The van der Waals surface area contributed by atoms with Gasteiger partial charge in [-0.05, 0) is 48.8 Å². The maximum absolute atomic E-state index is 12.4. The number of hydrogen-bond donors (Lipinski definition) is 2. The first kappa shape index (κ1) is 35.7. The molecule has 1 aromatic rings. The van der Waals surface area contributed by atoms with E-state index in [-0.39, 0.29) is 43.7 Å². The van der Waals surface area contributed by atoms with Crippen molar-refractivity contribution in [2.75, 3.05) is 19.8 Å². The van der Waals surface area contributed by atoms with E-state index in [1.165, 1.54) is 18.2 Å². The number of hydrogen-bond acceptors (Lipinski definition) is 10. The Balaban J connectivity index is 3.21. The van der Waals surface area contributed by atoms with Gasteiger partial charge in [0.1, 0.15) is 6.04 Å². The predicted molar refractivity (Wildman–Crippen MR) is 152 cm³/mol. The summed E-state index contributed by atoms with van der Waals surface area (Å²) >= 11 is 0. The van der Waals surface area contributed by atoms with Crippen LogP contribution in [0.2, 0.25) is 0 Å². The van der Waals surface area contributed by atoms with Crippen LogP contribution in [0.3, 0.4) is 0 Å². The minimum atomic E-state index is -1.37. The molecule has 1 rings (SSSR count). The van der Waals surface area contributed by atoms with Crippen molar-refractivity contribution in [2.24, 2.45) is 17.6 Å². The maximum Gasteiger partial charge on any atom is 0.513 e. The van der Waals surface area contributed by atoms with Gasteiger partial charge in [-0.2, -0.15) is 0 Å². The van der Waals surface area contributed by atoms with Crippen molar-refractivity contribution < 1.29 is 48.0 Å². The van der Waals surface area contributed by atoms with Crippen molar-refractivity contribution in [3.63, 3.8) is 0 Å². The lowest BCUT2D eigenvalue weighted by molar-refractivity contribution is -0.145. The Labute approximate surface area is 243 Å². The fraction of sp³-hybridized carbons (Fsp3) is 0.667. The van der Waals surface area contributed by atoms with E-state index in [1.807, 2.05) is 27.7 Å². The smallest absolute Gasteiger partial charge is 0.480 e. The minimum Gasteiger partial charge on any atom is -0.480 e. The van der Waals surface area contributed by atoms with Gasteiger partial charge in [0.25, 0.3) is 0 Å². The zero-order valence-electron chi connectivity index (χ0n) is 25.0. The summed E-state index contributed by atoms with van der Waals surface area (Å²) in [5, 5.41) is 9.71. The van der Waals surface area contributed by atoms with Gasteiger partial charge in [0.2, 0.25) is 0 Å². The van der Waals surface area contributed by atoms with Gasteiger partial charge in [-0.15, -0.1) is 0 Å². The summed E-state index contributed by atoms with van der Waals surface area (Å²) in [6, 6.07) is 2.88. The van der Waals surface area contributed by atoms with Gasteiger partial charge in [-0.25, -0.2) is 9.59 Å². The molecule has 0 radical (unpaired) electrons. The van der Waals surface area contributed by atoms with Crippen LogP contribution in [-0.2, 0) is 23.8 Å². The summed E-state index contributed by atoms with van der Waals surface area (Å²) in [6.45, 7) is 9.99. The van der Waals surface area contributed by atoms with Crippen molar-refractivity contribution in [1.29, 1.82) is 0 Å². The van der Waals surface area contributed by atoms with E-state index in [4.69, 9.17) is 29.4 Å². The van der Waals surface area contributed by atoms with E-state index < -0.39 is 36.2 Å². The fourth-order valence-electron chi connectivity index (χ4n) is 4.00. The van der Waals surface area contributed by atoms with Crippen molar-refractivity contribution in [2.45, 2.75) is 97.9 Å². The molecule has 0 aromatic heterocycles. The highest BCUT2D eigenvalue weighted by molar-refractivity contribution is 5.75. The topological polar surface area (TPSA) is 161 Å². The second kappa shape index (κ2) is 19.7. The van der Waals surface area contributed by atoms with Crippen LogP contribution in [0.1, 0.15) is 97.5 Å². The Morgan fingerprint density at radius 2 is 1.39 bits per heavy atom. The summed E-state index contributed by atoms with van der Waals surface area (Å²) in [6.07, 6.45) is 3.91. The molecule has 3 N–H and O–H groups in total. The third kappa shape index (κ3) is 14.2. The molecule has 11 heteroatoms. The van der Waals surface area contributed by atoms with Crippen molar-refractivity contribution in [3.8, 4) is 11.5 Å². The zero-order chi connectivity index (χ0) is 30.8. The maximum atomic E-state index is 12.4. The number of nitrogens with two attached hydrogens (primary N) is 1. The number of aliphatic carboxylic acids is 1. The Kier molecular flexibility index (Phi) is 17.1. The summed E-state index contributed by atoms with van der Waals surface area (Å²) in [5.41, 5.74) is 6.44. The van der Waals surface area contributed by atoms with Crippen molar-refractivity contribution in [1.82, 2.24) is 0 Å². The van der Waals surface area contributed by atoms with Crippen LogP contribution in [-0.4, -0.2) is 55.2 Å². The molecule has 232 valence electrons. The number of carbonyl (C=O) groups excluding carboxylic acids is 3. The third-order valence-electron chi connectivity index (χ3n) is 6.39. The molecule has 11 nitrogen and oxygen atoms in total. The summed E-state index contributed by atoms with van der Waals surface area (Å²) < 4.78 is 26.3. The lowest BCUT2D eigenvalue weighted by Crippen LogP contribution is -2.40.